The second kappa shape index (κ2) is 10.6. The summed E-state index contributed by atoms with van der Waals surface area (Å²) in [5.41, 5.74) is 1.54. The molecule has 2 aromatic rings. The molecule has 0 aliphatic heterocycles. The van der Waals surface area contributed by atoms with E-state index in [1.807, 2.05) is 6.92 Å². The Morgan fingerprint density at radius 3 is 2.57 bits per heavy atom. The van der Waals surface area contributed by atoms with Gasteiger partial charge in [-0.05, 0) is 49.2 Å². The molecular formula is C21H22N2O7. The summed E-state index contributed by atoms with van der Waals surface area (Å²) in [5, 5.41) is 13.3. The summed E-state index contributed by atoms with van der Waals surface area (Å²) < 4.78 is 15.6. The Morgan fingerprint density at radius 2 is 1.93 bits per heavy atom. The number of methoxy groups -OCH3 is 1. The van der Waals surface area contributed by atoms with Crippen molar-refractivity contribution in [3.8, 4) is 11.5 Å². The fraction of sp³-hybridized carbons (Fsp3) is 0.238. The zero-order valence-electron chi connectivity index (χ0n) is 16.8. The first-order chi connectivity index (χ1) is 14.3. The first-order valence-corrected chi connectivity index (χ1v) is 9.04. The Labute approximate surface area is 173 Å². The van der Waals surface area contributed by atoms with Crippen LogP contribution < -0.4 is 14.8 Å². The average molecular weight is 414 g/mol. The van der Waals surface area contributed by atoms with Crippen molar-refractivity contribution in [1.29, 1.82) is 0 Å². The van der Waals surface area contributed by atoms with Crippen molar-refractivity contribution in [2.75, 3.05) is 25.6 Å². The minimum absolute atomic E-state index is 0.0758. The van der Waals surface area contributed by atoms with Crippen LogP contribution in [0.5, 0.6) is 11.5 Å². The number of benzene rings is 2. The summed E-state index contributed by atoms with van der Waals surface area (Å²) in [4.78, 5) is 34.1. The molecule has 9 heteroatoms. The summed E-state index contributed by atoms with van der Waals surface area (Å²) in [5.74, 6) is -0.126. The molecular weight excluding hydrogens is 392 g/mol. The van der Waals surface area contributed by atoms with Crippen LogP contribution >= 0.6 is 0 Å². The van der Waals surface area contributed by atoms with Gasteiger partial charge >= 0.3 is 5.97 Å². The Balaban J connectivity index is 1.90. The van der Waals surface area contributed by atoms with Crippen LogP contribution in [0.25, 0.3) is 6.08 Å². The van der Waals surface area contributed by atoms with Crippen LogP contribution in [-0.2, 0) is 14.3 Å². The van der Waals surface area contributed by atoms with Gasteiger partial charge in [-0.25, -0.2) is 4.79 Å². The van der Waals surface area contributed by atoms with Gasteiger partial charge in [-0.15, -0.1) is 0 Å². The minimum Gasteiger partial charge on any atom is -0.493 e. The maximum atomic E-state index is 12.0. The van der Waals surface area contributed by atoms with E-state index in [1.54, 1.807) is 25.1 Å². The first kappa shape index (κ1) is 22.4. The molecule has 158 valence electrons. The Hall–Kier alpha value is -3.88. The van der Waals surface area contributed by atoms with Gasteiger partial charge in [0.15, 0.2) is 18.1 Å². The van der Waals surface area contributed by atoms with E-state index in [9.17, 15) is 19.7 Å². The summed E-state index contributed by atoms with van der Waals surface area (Å²) >= 11 is 0. The molecule has 0 heterocycles. The van der Waals surface area contributed by atoms with Crippen LogP contribution in [0, 0.1) is 17.0 Å². The minimum atomic E-state index is -0.695. The number of ether oxygens (including phenoxy) is 3. The molecule has 0 atom stereocenters. The molecule has 0 aromatic heterocycles. The van der Waals surface area contributed by atoms with Crippen molar-refractivity contribution in [3.63, 3.8) is 0 Å². The molecule has 0 bridgehead atoms. The largest absolute Gasteiger partial charge is 0.493 e. The molecule has 0 saturated carbocycles. The van der Waals surface area contributed by atoms with Crippen molar-refractivity contribution in [3.05, 3.63) is 63.7 Å². The van der Waals surface area contributed by atoms with E-state index in [0.29, 0.717) is 34.9 Å². The lowest BCUT2D eigenvalue weighted by Gasteiger charge is -2.09. The van der Waals surface area contributed by atoms with E-state index >= 15 is 0 Å². The number of nitro benzene ring substituents is 1. The highest BCUT2D eigenvalue weighted by Crippen LogP contribution is 2.28. The first-order valence-electron chi connectivity index (χ1n) is 9.04. The highest BCUT2D eigenvalue weighted by Gasteiger charge is 2.11. The van der Waals surface area contributed by atoms with Gasteiger partial charge in [0.1, 0.15) is 0 Å². The number of carbonyl (C=O) groups is 2. The third-order valence-electron chi connectivity index (χ3n) is 3.94. The van der Waals surface area contributed by atoms with Gasteiger partial charge in [-0.3, -0.25) is 14.9 Å². The number of anilines is 1. The monoisotopic (exact) mass is 414 g/mol. The number of carbonyl (C=O) groups excluding carboxylic acids is 2. The number of hydrogen-bond donors (Lipinski definition) is 1. The Kier molecular flexibility index (Phi) is 7.92. The lowest BCUT2D eigenvalue weighted by Crippen LogP contribution is -2.20. The van der Waals surface area contributed by atoms with E-state index in [1.165, 1.54) is 37.5 Å². The molecule has 30 heavy (non-hydrogen) atoms. The van der Waals surface area contributed by atoms with E-state index in [-0.39, 0.29) is 5.69 Å². The predicted molar refractivity (Wildman–Crippen MR) is 111 cm³/mol. The van der Waals surface area contributed by atoms with Crippen molar-refractivity contribution < 1.29 is 28.7 Å². The van der Waals surface area contributed by atoms with Crippen LogP contribution in [0.4, 0.5) is 11.4 Å². The highest BCUT2D eigenvalue weighted by atomic mass is 16.6. The van der Waals surface area contributed by atoms with Crippen LogP contribution in [0.2, 0.25) is 0 Å². The molecule has 0 spiro atoms. The van der Waals surface area contributed by atoms with E-state index in [4.69, 9.17) is 14.2 Å². The Bertz CT molecular complexity index is 970. The second-order valence-corrected chi connectivity index (χ2v) is 6.09. The maximum absolute atomic E-state index is 12.0. The fourth-order valence-corrected chi connectivity index (χ4v) is 2.50. The molecule has 2 rings (SSSR count). The number of amides is 1. The van der Waals surface area contributed by atoms with Gasteiger partial charge in [-0.1, -0.05) is 6.07 Å². The van der Waals surface area contributed by atoms with Crippen molar-refractivity contribution in [2.45, 2.75) is 13.8 Å². The third-order valence-corrected chi connectivity index (χ3v) is 3.94. The number of hydrogen-bond acceptors (Lipinski definition) is 7. The lowest BCUT2D eigenvalue weighted by atomic mass is 10.2. The van der Waals surface area contributed by atoms with Crippen LogP contribution in [0.3, 0.4) is 0 Å². The lowest BCUT2D eigenvalue weighted by molar-refractivity contribution is -0.384. The molecule has 0 aliphatic rings. The van der Waals surface area contributed by atoms with Crippen LogP contribution in [-0.4, -0.2) is 37.1 Å². The standard InChI is InChI=1S/C21H22N2O7/c1-4-29-19-12-15(5-9-18(19)28-3)6-10-21(25)30-13-20(24)22-17-8-7-16(23(26)27)11-14(17)2/h5-12H,4,13H2,1-3H3,(H,22,24)/b10-6+. The van der Waals surface area contributed by atoms with Gasteiger partial charge < -0.3 is 19.5 Å². The molecule has 0 radical (unpaired) electrons. The van der Waals surface area contributed by atoms with Gasteiger partial charge in [0.05, 0.1) is 18.6 Å². The number of non-ortho nitro benzene ring substituents is 1. The summed E-state index contributed by atoms with van der Waals surface area (Å²) in [7, 11) is 1.54. The summed E-state index contributed by atoms with van der Waals surface area (Å²) in [6.07, 6.45) is 2.73. The molecule has 1 amide bonds. The topological polar surface area (TPSA) is 117 Å². The number of aryl methyl sites for hydroxylation is 1. The summed E-state index contributed by atoms with van der Waals surface area (Å²) in [6.45, 7) is 3.45. The van der Waals surface area contributed by atoms with Gasteiger partial charge in [0.25, 0.3) is 11.6 Å². The molecule has 0 unspecified atom stereocenters. The van der Waals surface area contributed by atoms with Gasteiger partial charge in [-0.2, -0.15) is 0 Å². The number of rotatable bonds is 9. The van der Waals surface area contributed by atoms with Crippen molar-refractivity contribution in [2.24, 2.45) is 0 Å². The molecule has 0 aliphatic carbocycles. The number of nitrogens with zero attached hydrogens (tertiary/aromatic N) is 1. The number of esters is 1. The van der Waals surface area contributed by atoms with E-state index < -0.39 is 23.4 Å². The second-order valence-electron chi connectivity index (χ2n) is 6.09. The Morgan fingerprint density at radius 1 is 1.17 bits per heavy atom. The molecule has 9 nitrogen and oxygen atoms in total. The smallest absolute Gasteiger partial charge is 0.331 e. The maximum Gasteiger partial charge on any atom is 0.331 e. The van der Waals surface area contributed by atoms with E-state index in [0.717, 1.165) is 0 Å². The van der Waals surface area contributed by atoms with Crippen LogP contribution in [0.1, 0.15) is 18.1 Å². The zero-order valence-corrected chi connectivity index (χ0v) is 16.8. The highest BCUT2D eigenvalue weighted by molar-refractivity contribution is 5.95. The normalized spacial score (nSPS) is 10.5. The molecule has 0 fully saturated rings. The molecule has 1 N–H and O–H groups in total. The predicted octanol–water partition coefficient (Wildman–Crippen LogP) is 3.51. The van der Waals surface area contributed by atoms with E-state index in [2.05, 4.69) is 5.32 Å². The quantitative estimate of drug-likeness (QED) is 0.289. The average Bonchev–Trinajstić information content (AvgIpc) is 2.72. The summed E-state index contributed by atoms with van der Waals surface area (Å²) in [6, 6.07) is 9.23. The van der Waals surface area contributed by atoms with Crippen LogP contribution in [0.15, 0.2) is 42.5 Å². The zero-order chi connectivity index (χ0) is 22.1. The van der Waals surface area contributed by atoms with Gasteiger partial charge in [0.2, 0.25) is 0 Å². The van der Waals surface area contributed by atoms with Crippen molar-refractivity contribution in [1.82, 2.24) is 0 Å². The number of nitrogens with one attached hydrogen (secondary N) is 1. The molecule has 2 aromatic carbocycles. The fourth-order valence-electron chi connectivity index (χ4n) is 2.50. The SMILES string of the molecule is CCOc1cc(/C=C/C(=O)OCC(=O)Nc2ccc([N+](=O)[O-])cc2C)ccc1OC. The number of nitro groups is 1. The third kappa shape index (κ3) is 6.33. The van der Waals surface area contributed by atoms with Crippen molar-refractivity contribution >= 4 is 29.3 Å². The molecule has 0 saturated heterocycles. The van der Waals surface area contributed by atoms with Gasteiger partial charge in [0, 0.05) is 23.9 Å².